The second-order valence-electron chi connectivity index (χ2n) is 7.62. The van der Waals surface area contributed by atoms with Gasteiger partial charge in [-0.2, -0.15) is 0 Å². The predicted octanol–water partition coefficient (Wildman–Crippen LogP) is 2.34. The number of rotatable bonds is 7. The van der Waals surface area contributed by atoms with Gasteiger partial charge in [0.05, 0.1) is 18.2 Å². The van der Waals surface area contributed by atoms with Gasteiger partial charge in [0.25, 0.3) is 5.91 Å². The fourth-order valence-electron chi connectivity index (χ4n) is 4.07. The molecule has 0 aliphatic carbocycles. The highest BCUT2D eigenvalue weighted by Crippen LogP contribution is 2.27. The molecule has 2 fully saturated rings. The van der Waals surface area contributed by atoms with Crippen molar-refractivity contribution < 1.29 is 14.6 Å². The van der Waals surface area contributed by atoms with Crippen LogP contribution in [-0.2, 0) is 0 Å². The van der Waals surface area contributed by atoms with E-state index in [1.807, 2.05) is 17.9 Å². The summed E-state index contributed by atoms with van der Waals surface area (Å²) in [6.07, 6.45) is 2.94. The summed E-state index contributed by atoms with van der Waals surface area (Å²) < 4.78 is 5.59. The molecule has 28 heavy (non-hydrogen) atoms. The van der Waals surface area contributed by atoms with E-state index in [4.69, 9.17) is 21.4 Å². The van der Waals surface area contributed by atoms with Crippen LogP contribution < -0.4 is 4.74 Å². The number of amides is 1. The Bertz CT molecular complexity index is 642. The van der Waals surface area contributed by atoms with Crippen LogP contribution in [0.2, 0.25) is 5.02 Å². The molecule has 1 amide bonds. The minimum absolute atomic E-state index is 0.0511. The Hall–Kier alpha value is -1.34. The van der Waals surface area contributed by atoms with Crippen LogP contribution in [0.5, 0.6) is 5.75 Å². The number of halogens is 1. The van der Waals surface area contributed by atoms with E-state index in [1.54, 1.807) is 12.1 Å². The molecule has 0 spiro atoms. The topological polar surface area (TPSA) is 56.2 Å². The molecule has 1 aromatic rings. The van der Waals surface area contributed by atoms with E-state index in [0.717, 1.165) is 65.1 Å². The summed E-state index contributed by atoms with van der Waals surface area (Å²) in [5, 5.41) is 9.57. The van der Waals surface area contributed by atoms with Gasteiger partial charge in [0.15, 0.2) is 0 Å². The maximum atomic E-state index is 12.9. The summed E-state index contributed by atoms with van der Waals surface area (Å²) in [4.78, 5) is 19.7. The molecule has 3 rings (SSSR count). The van der Waals surface area contributed by atoms with Crippen molar-refractivity contribution in [3.63, 3.8) is 0 Å². The number of benzene rings is 1. The lowest BCUT2D eigenvalue weighted by molar-refractivity contribution is 0.0451. The maximum absolute atomic E-state index is 12.9. The van der Waals surface area contributed by atoms with Gasteiger partial charge in [-0.1, -0.05) is 18.5 Å². The second-order valence-corrected chi connectivity index (χ2v) is 8.03. The van der Waals surface area contributed by atoms with Gasteiger partial charge in [-0.25, -0.2) is 0 Å². The third-order valence-electron chi connectivity index (χ3n) is 5.73. The summed E-state index contributed by atoms with van der Waals surface area (Å²) >= 11 is 6.29. The van der Waals surface area contributed by atoms with Crippen molar-refractivity contribution >= 4 is 17.5 Å². The molecule has 6 nitrogen and oxygen atoms in total. The SMILES string of the molecule is CCCOc1ccc(C(=O)N2CCC(N3CCN(CCO)CC3)CC2)cc1Cl. The van der Waals surface area contributed by atoms with Gasteiger partial charge in [-0.3, -0.25) is 14.6 Å². The van der Waals surface area contributed by atoms with E-state index in [9.17, 15) is 4.79 Å². The van der Waals surface area contributed by atoms with E-state index < -0.39 is 0 Å². The highest BCUT2D eigenvalue weighted by atomic mass is 35.5. The van der Waals surface area contributed by atoms with Crippen LogP contribution >= 0.6 is 11.6 Å². The van der Waals surface area contributed by atoms with Gasteiger partial charge >= 0.3 is 0 Å². The zero-order chi connectivity index (χ0) is 19.9. The third kappa shape index (κ3) is 5.38. The average molecular weight is 410 g/mol. The molecule has 0 aromatic heterocycles. The molecule has 2 saturated heterocycles. The highest BCUT2D eigenvalue weighted by molar-refractivity contribution is 6.32. The van der Waals surface area contributed by atoms with Gasteiger partial charge in [-0.05, 0) is 37.5 Å². The van der Waals surface area contributed by atoms with Crippen molar-refractivity contribution in [2.75, 3.05) is 59.0 Å². The number of aliphatic hydroxyl groups excluding tert-OH is 1. The summed E-state index contributed by atoms with van der Waals surface area (Å²) in [7, 11) is 0. The smallest absolute Gasteiger partial charge is 0.253 e. The van der Waals surface area contributed by atoms with Gasteiger partial charge < -0.3 is 14.7 Å². The number of hydrogen-bond donors (Lipinski definition) is 1. The Morgan fingerprint density at radius 2 is 1.89 bits per heavy atom. The summed E-state index contributed by atoms with van der Waals surface area (Å²) in [5.74, 6) is 0.689. The number of aliphatic hydroxyl groups is 1. The normalized spacial score (nSPS) is 19.8. The molecule has 1 aromatic carbocycles. The second kappa shape index (κ2) is 10.4. The number of carbonyl (C=O) groups is 1. The zero-order valence-corrected chi connectivity index (χ0v) is 17.5. The van der Waals surface area contributed by atoms with E-state index in [1.165, 1.54) is 0 Å². The molecule has 1 N–H and O–H groups in total. The zero-order valence-electron chi connectivity index (χ0n) is 16.8. The van der Waals surface area contributed by atoms with Gasteiger partial charge in [0.1, 0.15) is 5.75 Å². The molecule has 2 aliphatic rings. The van der Waals surface area contributed by atoms with Crippen molar-refractivity contribution in [1.29, 1.82) is 0 Å². The van der Waals surface area contributed by atoms with Crippen LogP contribution in [-0.4, -0.2) is 90.8 Å². The van der Waals surface area contributed by atoms with Crippen molar-refractivity contribution in [2.45, 2.75) is 32.2 Å². The van der Waals surface area contributed by atoms with Crippen molar-refractivity contribution in [1.82, 2.24) is 14.7 Å². The Morgan fingerprint density at radius 3 is 2.50 bits per heavy atom. The van der Waals surface area contributed by atoms with Gasteiger partial charge in [-0.15, -0.1) is 0 Å². The van der Waals surface area contributed by atoms with Gasteiger partial charge in [0, 0.05) is 57.4 Å². The van der Waals surface area contributed by atoms with E-state index in [-0.39, 0.29) is 12.5 Å². The monoisotopic (exact) mass is 409 g/mol. The quantitative estimate of drug-likeness (QED) is 0.749. The Balaban J connectivity index is 1.49. The van der Waals surface area contributed by atoms with Crippen molar-refractivity contribution in [3.05, 3.63) is 28.8 Å². The molecular formula is C21H32ClN3O3. The molecule has 156 valence electrons. The molecule has 0 unspecified atom stereocenters. The molecule has 2 heterocycles. The van der Waals surface area contributed by atoms with Gasteiger partial charge in [0.2, 0.25) is 0 Å². The first kappa shape index (κ1) is 21.4. The van der Waals surface area contributed by atoms with Crippen molar-refractivity contribution in [3.8, 4) is 5.75 Å². The minimum Gasteiger partial charge on any atom is -0.492 e. The fraction of sp³-hybridized carbons (Fsp3) is 0.667. The van der Waals surface area contributed by atoms with Crippen LogP contribution in [0.15, 0.2) is 18.2 Å². The van der Waals surface area contributed by atoms with Crippen LogP contribution in [0.25, 0.3) is 0 Å². The number of piperazine rings is 1. The largest absolute Gasteiger partial charge is 0.492 e. The number of ether oxygens (including phenoxy) is 1. The molecule has 0 bridgehead atoms. The first-order valence-electron chi connectivity index (χ1n) is 10.4. The number of hydrogen-bond acceptors (Lipinski definition) is 5. The summed E-state index contributed by atoms with van der Waals surface area (Å²) in [6, 6.07) is 5.88. The standard InChI is InChI=1S/C21H32ClN3O3/c1-2-15-28-20-4-3-17(16-19(20)22)21(27)25-7-5-18(6-8-25)24-11-9-23(10-12-24)13-14-26/h3-4,16,18,26H,2,5-15H2,1H3. The lowest BCUT2D eigenvalue weighted by atomic mass is 10.0. The molecule has 7 heteroatoms. The average Bonchev–Trinajstić information content (AvgIpc) is 2.73. The van der Waals surface area contributed by atoms with Crippen LogP contribution in [0.4, 0.5) is 0 Å². The van der Waals surface area contributed by atoms with E-state index >= 15 is 0 Å². The van der Waals surface area contributed by atoms with Crippen molar-refractivity contribution in [2.24, 2.45) is 0 Å². The minimum atomic E-state index is 0.0511. The first-order valence-corrected chi connectivity index (χ1v) is 10.8. The fourth-order valence-corrected chi connectivity index (χ4v) is 4.31. The van der Waals surface area contributed by atoms with Crippen LogP contribution in [0, 0.1) is 0 Å². The first-order chi connectivity index (χ1) is 13.6. The molecular weight excluding hydrogens is 378 g/mol. The third-order valence-corrected chi connectivity index (χ3v) is 6.03. The summed E-state index contributed by atoms with van der Waals surface area (Å²) in [5.41, 5.74) is 0.630. The lowest BCUT2D eigenvalue weighted by Gasteiger charge is -2.42. The van der Waals surface area contributed by atoms with E-state index in [2.05, 4.69) is 9.80 Å². The molecule has 0 radical (unpaired) electrons. The highest BCUT2D eigenvalue weighted by Gasteiger charge is 2.29. The Labute approximate surface area is 173 Å². The predicted molar refractivity (Wildman–Crippen MR) is 111 cm³/mol. The number of likely N-dealkylation sites (tertiary alicyclic amines) is 1. The number of piperidine rings is 1. The molecule has 0 saturated carbocycles. The number of carbonyl (C=O) groups excluding carboxylic acids is 1. The van der Waals surface area contributed by atoms with Crippen LogP contribution in [0.1, 0.15) is 36.5 Å². The Kier molecular flexibility index (Phi) is 7.97. The maximum Gasteiger partial charge on any atom is 0.253 e. The number of nitrogens with zero attached hydrogens (tertiary/aromatic N) is 3. The molecule has 2 aliphatic heterocycles. The van der Waals surface area contributed by atoms with Crippen LogP contribution in [0.3, 0.4) is 0 Å². The summed E-state index contributed by atoms with van der Waals surface area (Å²) in [6.45, 7) is 9.37. The van der Waals surface area contributed by atoms with E-state index in [0.29, 0.717) is 29.0 Å². The number of β-amino-alcohol motifs (C(OH)–C–C–N with tert-alkyl or cyclic N) is 1. The lowest BCUT2D eigenvalue weighted by Crippen LogP contribution is -2.54. The molecule has 0 atom stereocenters. The Morgan fingerprint density at radius 1 is 1.18 bits per heavy atom.